The zero-order chi connectivity index (χ0) is 16.2. The van der Waals surface area contributed by atoms with Crippen LogP contribution in [0.2, 0.25) is 0 Å². The smallest absolute Gasteiger partial charge is 0.328 e. The minimum atomic E-state index is -0.917. The van der Waals surface area contributed by atoms with Crippen molar-refractivity contribution < 1.29 is 19.4 Å². The largest absolute Gasteiger partial charge is 0.418 e. The van der Waals surface area contributed by atoms with E-state index in [1.54, 1.807) is 0 Å². The average Bonchev–Trinajstić information content (AvgIpc) is 2.37. The molecule has 1 aromatic rings. The topological polar surface area (TPSA) is 139 Å². The summed E-state index contributed by atoms with van der Waals surface area (Å²) in [4.78, 5) is 31.6. The van der Waals surface area contributed by atoms with Crippen LogP contribution >= 0.6 is 0 Å². The Labute approximate surface area is 120 Å². The van der Waals surface area contributed by atoms with Gasteiger partial charge in [0.05, 0.1) is 15.9 Å². The molecule has 0 aliphatic carbocycles. The normalized spacial score (nSPS) is 12.0. The summed E-state index contributed by atoms with van der Waals surface area (Å²) in [6.45, 7) is 3.73. The van der Waals surface area contributed by atoms with Crippen LogP contribution in [0.1, 0.15) is 20.3 Å². The number of nitro groups is 2. The van der Waals surface area contributed by atoms with Gasteiger partial charge in [0.25, 0.3) is 5.69 Å². The van der Waals surface area contributed by atoms with Gasteiger partial charge in [-0.2, -0.15) is 0 Å². The standard InChI is InChI=1S/C12H15N3O6/c1-7(2)5-9(13)12(16)21-11-4-3-8(14(17)18)6-10(11)15(19)20/h3-4,6-7,9H,5,13H2,1-2H3/t9-/m0/s1. The molecule has 0 spiro atoms. The van der Waals surface area contributed by atoms with Crippen LogP contribution < -0.4 is 10.5 Å². The number of nitrogens with two attached hydrogens (primary N) is 1. The lowest BCUT2D eigenvalue weighted by atomic mass is 10.1. The number of non-ortho nitro benzene ring substituents is 1. The molecule has 0 heterocycles. The summed E-state index contributed by atoms with van der Waals surface area (Å²) >= 11 is 0. The van der Waals surface area contributed by atoms with Crippen LogP contribution in [0.15, 0.2) is 18.2 Å². The van der Waals surface area contributed by atoms with Crippen molar-refractivity contribution >= 4 is 17.3 Å². The van der Waals surface area contributed by atoms with E-state index in [4.69, 9.17) is 10.5 Å². The number of nitro benzene ring substituents is 2. The Morgan fingerprint density at radius 2 is 1.90 bits per heavy atom. The third-order valence-electron chi connectivity index (χ3n) is 2.59. The molecule has 9 heteroatoms. The molecule has 0 radical (unpaired) electrons. The maximum atomic E-state index is 11.7. The second-order valence-corrected chi connectivity index (χ2v) is 4.82. The zero-order valence-corrected chi connectivity index (χ0v) is 11.5. The van der Waals surface area contributed by atoms with Crippen LogP contribution in [0.3, 0.4) is 0 Å². The van der Waals surface area contributed by atoms with Crippen LogP contribution in [0.25, 0.3) is 0 Å². The van der Waals surface area contributed by atoms with E-state index in [-0.39, 0.29) is 11.7 Å². The SMILES string of the molecule is CC(C)C[C@H](N)C(=O)Oc1ccc([N+](=O)[O-])cc1[N+](=O)[O-]. The second-order valence-electron chi connectivity index (χ2n) is 4.82. The van der Waals surface area contributed by atoms with E-state index < -0.39 is 33.2 Å². The first-order valence-electron chi connectivity index (χ1n) is 6.12. The number of hydrogen-bond donors (Lipinski definition) is 1. The highest BCUT2D eigenvalue weighted by atomic mass is 16.6. The van der Waals surface area contributed by atoms with Crippen LogP contribution in [-0.2, 0) is 4.79 Å². The van der Waals surface area contributed by atoms with Crippen LogP contribution in [0, 0.1) is 26.1 Å². The molecule has 0 aliphatic rings. The Hall–Kier alpha value is -2.55. The molecule has 1 atom stereocenters. The summed E-state index contributed by atoms with van der Waals surface area (Å²) in [7, 11) is 0. The van der Waals surface area contributed by atoms with E-state index >= 15 is 0 Å². The van der Waals surface area contributed by atoms with Crippen LogP contribution in [0.4, 0.5) is 11.4 Å². The van der Waals surface area contributed by atoms with Crippen molar-refractivity contribution in [2.45, 2.75) is 26.3 Å². The molecular weight excluding hydrogens is 282 g/mol. The monoisotopic (exact) mass is 297 g/mol. The summed E-state index contributed by atoms with van der Waals surface area (Å²) in [5, 5.41) is 21.5. The molecule has 2 N–H and O–H groups in total. The summed E-state index contributed by atoms with van der Waals surface area (Å²) < 4.78 is 4.88. The Morgan fingerprint density at radius 3 is 2.38 bits per heavy atom. The number of carbonyl (C=O) groups excluding carboxylic acids is 1. The van der Waals surface area contributed by atoms with Gasteiger partial charge in [-0.25, -0.2) is 4.79 Å². The molecule has 21 heavy (non-hydrogen) atoms. The maximum absolute atomic E-state index is 11.7. The molecule has 0 aromatic heterocycles. The molecule has 1 aromatic carbocycles. The van der Waals surface area contributed by atoms with Gasteiger partial charge in [-0.3, -0.25) is 20.2 Å². The Balaban J connectivity index is 3.00. The summed E-state index contributed by atoms with van der Waals surface area (Å²) in [5.74, 6) is -1.03. The third-order valence-corrected chi connectivity index (χ3v) is 2.59. The minimum absolute atomic E-state index is 0.152. The first-order chi connectivity index (χ1) is 9.72. The highest BCUT2D eigenvalue weighted by molar-refractivity contribution is 5.79. The number of rotatable bonds is 6. The average molecular weight is 297 g/mol. The second kappa shape index (κ2) is 6.75. The number of nitrogens with zero attached hydrogens (tertiary/aromatic N) is 2. The van der Waals surface area contributed by atoms with Gasteiger partial charge in [0.2, 0.25) is 5.75 Å². The Kier molecular flexibility index (Phi) is 5.30. The lowest BCUT2D eigenvalue weighted by molar-refractivity contribution is -0.394. The summed E-state index contributed by atoms with van der Waals surface area (Å²) in [6.07, 6.45) is 0.361. The van der Waals surface area contributed by atoms with Gasteiger partial charge >= 0.3 is 11.7 Å². The fourth-order valence-electron chi connectivity index (χ4n) is 1.64. The fraction of sp³-hybridized carbons (Fsp3) is 0.417. The minimum Gasteiger partial charge on any atom is -0.418 e. The lowest BCUT2D eigenvalue weighted by Gasteiger charge is -2.13. The maximum Gasteiger partial charge on any atom is 0.328 e. The molecule has 0 saturated heterocycles. The van der Waals surface area contributed by atoms with Crippen molar-refractivity contribution in [3.8, 4) is 5.75 Å². The molecule has 0 aliphatic heterocycles. The van der Waals surface area contributed by atoms with Gasteiger partial charge in [-0.15, -0.1) is 0 Å². The molecule has 9 nitrogen and oxygen atoms in total. The molecular formula is C12H15N3O6. The number of carbonyl (C=O) groups is 1. The molecule has 1 rings (SSSR count). The highest BCUT2D eigenvalue weighted by Crippen LogP contribution is 2.31. The van der Waals surface area contributed by atoms with E-state index in [0.29, 0.717) is 6.42 Å². The first-order valence-corrected chi connectivity index (χ1v) is 6.12. The molecule has 0 unspecified atom stereocenters. The van der Waals surface area contributed by atoms with Gasteiger partial charge in [-0.1, -0.05) is 13.8 Å². The third kappa shape index (κ3) is 4.49. The first kappa shape index (κ1) is 16.5. The lowest BCUT2D eigenvalue weighted by Crippen LogP contribution is -2.35. The number of hydrogen-bond acceptors (Lipinski definition) is 7. The summed E-state index contributed by atoms with van der Waals surface area (Å²) in [5.41, 5.74) is 4.49. The predicted octanol–water partition coefficient (Wildman–Crippen LogP) is 1.78. The Bertz CT molecular complexity index is 572. The van der Waals surface area contributed by atoms with Gasteiger partial charge in [0.1, 0.15) is 6.04 Å². The number of ether oxygens (including phenoxy) is 1. The summed E-state index contributed by atoms with van der Waals surface area (Å²) in [6, 6.07) is 1.84. The van der Waals surface area contributed by atoms with Crippen molar-refractivity contribution in [3.05, 3.63) is 38.4 Å². The predicted molar refractivity (Wildman–Crippen MR) is 72.8 cm³/mol. The Morgan fingerprint density at radius 1 is 1.29 bits per heavy atom. The van der Waals surface area contributed by atoms with Gasteiger partial charge in [0.15, 0.2) is 0 Å². The fourth-order valence-corrected chi connectivity index (χ4v) is 1.64. The number of esters is 1. The van der Waals surface area contributed by atoms with E-state index in [9.17, 15) is 25.0 Å². The molecule has 0 bridgehead atoms. The van der Waals surface area contributed by atoms with E-state index in [2.05, 4.69) is 0 Å². The van der Waals surface area contributed by atoms with Crippen LogP contribution in [-0.4, -0.2) is 21.9 Å². The molecule has 0 amide bonds. The number of benzene rings is 1. The van der Waals surface area contributed by atoms with Gasteiger partial charge < -0.3 is 10.5 Å². The van der Waals surface area contributed by atoms with Crippen molar-refractivity contribution in [3.63, 3.8) is 0 Å². The van der Waals surface area contributed by atoms with Gasteiger partial charge in [0, 0.05) is 6.07 Å². The van der Waals surface area contributed by atoms with Crippen molar-refractivity contribution in [1.82, 2.24) is 0 Å². The quantitative estimate of drug-likeness (QED) is 0.365. The zero-order valence-electron chi connectivity index (χ0n) is 11.5. The molecule has 114 valence electrons. The molecule has 0 saturated carbocycles. The van der Waals surface area contributed by atoms with Crippen molar-refractivity contribution in [2.75, 3.05) is 0 Å². The van der Waals surface area contributed by atoms with Gasteiger partial charge in [-0.05, 0) is 18.4 Å². The van der Waals surface area contributed by atoms with E-state index in [1.807, 2.05) is 13.8 Å². The van der Waals surface area contributed by atoms with Crippen LogP contribution in [0.5, 0.6) is 5.75 Å². The van der Waals surface area contributed by atoms with E-state index in [0.717, 1.165) is 18.2 Å². The van der Waals surface area contributed by atoms with Crippen molar-refractivity contribution in [1.29, 1.82) is 0 Å². The molecule has 0 fully saturated rings. The van der Waals surface area contributed by atoms with E-state index in [1.165, 1.54) is 0 Å². The highest BCUT2D eigenvalue weighted by Gasteiger charge is 2.25. The van der Waals surface area contributed by atoms with Crippen molar-refractivity contribution in [2.24, 2.45) is 11.7 Å².